The fourth-order valence-electron chi connectivity index (χ4n) is 2.90. The van der Waals surface area contributed by atoms with Crippen LogP contribution in [0.25, 0.3) is 0 Å². The van der Waals surface area contributed by atoms with E-state index in [1.807, 2.05) is 0 Å². The van der Waals surface area contributed by atoms with Crippen LogP contribution in [0.15, 0.2) is 27.8 Å². The summed E-state index contributed by atoms with van der Waals surface area (Å²) in [7, 11) is 1.28. The van der Waals surface area contributed by atoms with E-state index in [-0.39, 0.29) is 38.1 Å². The van der Waals surface area contributed by atoms with E-state index < -0.39 is 40.3 Å². The largest absolute Gasteiger partial charge is 0.417 e. The first-order valence-electron chi connectivity index (χ1n) is 8.16. The highest BCUT2D eigenvalue weighted by atomic mass is 19.4. The Kier molecular flexibility index (Phi) is 4.96. The maximum Gasteiger partial charge on any atom is 0.417 e. The minimum absolute atomic E-state index is 0.0213. The van der Waals surface area contributed by atoms with Crippen LogP contribution in [-0.4, -0.2) is 51.8 Å². The highest BCUT2D eigenvalue weighted by Gasteiger charge is 2.37. The van der Waals surface area contributed by atoms with Gasteiger partial charge in [0.05, 0.1) is 11.1 Å². The number of piperazine rings is 1. The molecule has 0 unspecified atom stereocenters. The molecule has 1 saturated heterocycles. The molecule has 12 heteroatoms. The van der Waals surface area contributed by atoms with Crippen molar-refractivity contribution in [2.45, 2.75) is 6.18 Å². The van der Waals surface area contributed by atoms with Crippen LogP contribution >= 0.6 is 0 Å². The number of carbonyl (C=O) groups excluding carboxylic acids is 1. The van der Waals surface area contributed by atoms with Crippen molar-refractivity contribution in [1.82, 2.24) is 19.7 Å². The van der Waals surface area contributed by atoms with Crippen molar-refractivity contribution in [2.24, 2.45) is 7.05 Å². The molecule has 0 aliphatic carbocycles. The molecule has 150 valence electrons. The minimum Gasteiger partial charge on any atom is -0.347 e. The van der Waals surface area contributed by atoms with Crippen LogP contribution in [-0.2, 0) is 13.2 Å². The molecular formula is C16H15F4N5O3. The van der Waals surface area contributed by atoms with Gasteiger partial charge in [-0.05, 0) is 18.2 Å². The number of nitrogens with zero attached hydrogens (tertiary/aromatic N) is 4. The van der Waals surface area contributed by atoms with Crippen molar-refractivity contribution in [3.8, 4) is 0 Å². The average Bonchev–Trinajstić information content (AvgIpc) is 2.65. The second-order valence-corrected chi connectivity index (χ2v) is 6.18. The van der Waals surface area contributed by atoms with Gasteiger partial charge in [-0.25, -0.2) is 14.3 Å². The van der Waals surface area contributed by atoms with E-state index in [9.17, 15) is 31.9 Å². The summed E-state index contributed by atoms with van der Waals surface area (Å²) in [5.41, 5.74) is -3.28. The molecule has 1 amide bonds. The van der Waals surface area contributed by atoms with E-state index in [1.165, 1.54) is 16.8 Å². The Morgan fingerprint density at radius 3 is 2.39 bits per heavy atom. The molecule has 1 aliphatic heterocycles. The second-order valence-electron chi connectivity index (χ2n) is 6.18. The van der Waals surface area contributed by atoms with Crippen molar-refractivity contribution in [3.05, 3.63) is 56.0 Å². The molecule has 1 N–H and O–H groups in total. The maximum atomic E-state index is 13.2. The highest BCUT2D eigenvalue weighted by Crippen LogP contribution is 2.33. The predicted octanol–water partition coefficient (Wildman–Crippen LogP) is 0.589. The molecule has 0 atom stereocenters. The van der Waals surface area contributed by atoms with E-state index in [0.717, 1.165) is 16.7 Å². The van der Waals surface area contributed by atoms with Gasteiger partial charge in [0, 0.05) is 33.2 Å². The fraction of sp³-hybridized carbons (Fsp3) is 0.375. The summed E-state index contributed by atoms with van der Waals surface area (Å²) in [6.07, 6.45) is -4.87. The van der Waals surface area contributed by atoms with Gasteiger partial charge in [-0.3, -0.25) is 14.2 Å². The predicted molar refractivity (Wildman–Crippen MR) is 89.6 cm³/mol. The number of hydrogen-bond donors (Lipinski definition) is 1. The Morgan fingerprint density at radius 1 is 1.14 bits per heavy atom. The fourth-order valence-corrected chi connectivity index (χ4v) is 2.90. The van der Waals surface area contributed by atoms with Crippen LogP contribution in [0.5, 0.6) is 0 Å². The van der Waals surface area contributed by atoms with Crippen LogP contribution in [0, 0.1) is 5.82 Å². The minimum atomic E-state index is -4.87. The molecule has 28 heavy (non-hydrogen) atoms. The van der Waals surface area contributed by atoms with Gasteiger partial charge in [0.2, 0.25) is 5.82 Å². The van der Waals surface area contributed by atoms with E-state index in [0.29, 0.717) is 0 Å². The monoisotopic (exact) mass is 401 g/mol. The van der Waals surface area contributed by atoms with Gasteiger partial charge in [-0.2, -0.15) is 13.2 Å². The summed E-state index contributed by atoms with van der Waals surface area (Å²) in [5, 5.41) is 5.88. The van der Waals surface area contributed by atoms with Crippen LogP contribution < -0.4 is 16.1 Å². The lowest BCUT2D eigenvalue weighted by Gasteiger charge is -2.35. The number of alkyl halides is 3. The topological polar surface area (TPSA) is 91.3 Å². The molecule has 8 nitrogen and oxygen atoms in total. The third-order valence-electron chi connectivity index (χ3n) is 4.44. The average molecular weight is 401 g/mol. The van der Waals surface area contributed by atoms with Crippen LogP contribution in [0.4, 0.5) is 23.4 Å². The van der Waals surface area contributed by atoms with Gasteiger partial charge in [-0.15, -0.1) is 5.10 Å². The molecule has 0 radical (unpaired) electrons. The van der Waals surface area contributed by atoms with Gasteiger partial charge < -0.3 is 9.80 Å². The molecule has 0 spiro atoms. The van der Waals surface area contributed by atoms with Crippen molar-refractivity contribution < 1.29 is 22.4 Å². The molecule has 2 heterocycles. The summed E-state index contributed by atoms with van der Waals surface area (Å²) in [5.74, 6) is -1.99. The zero-order valence-corrected chi connectivity index (χ0v) is 14.6. The number of nitrogens with one attached hydrogen (secondary N) is 1. The third-order valence-corrected chi connectivity index (χ3v) is 4.44. The van der Waals surface area contributed by atoms with Crippen molar-refractivity contribution in [3.63, 3.8) is 0 Å². The Labute approximate surface area is 155 Å². The molecule has 1 aliphatic rings. The highest BCUT2D eigenvalue weighted by molar-refractivity contribution is 5.96. The normalized spacial score (nSPS) is 15.0. The van der Waals surface area contributed by atoms with E-state index in [2.05, 4.69) is 10.2 Å². The van der Waals surface area contributed by atoms with Gasteiger partial charge in [0.1, 0.15) is 5.82 Å². The lowest BCUT2D eigenvalue weighted by Crippen LogP contribution is -2.51. The summed E-state index contributed by atoms with van der Waals surface area (Å²) in [4.78, 5) is 38.7. The number of aromatic amines is 1. The standard InChI is InChI=1S/C16H15F4N5O3/c1-23-14(27)12(21-22-15(23)28)24-4-6-25(7-5-24)13(26)10-3-2-9(17)8-11(10)16(18,19)20/h2-3,8H,4-7H2,1H3,(H,22,28). The third kappa shape index (κ3) is 3.62. The number of rotatable bonds is 2. The van der Waals surface area contributed by atoms with E-state index in [1.54, 1.807) is 0 Å². The van der Waals surface area contributed by atoms with Gasteiger partial charge in [0.25, 0.3) is 11.5 Å². The van der Waals surface area contributed by atoms with Gasteiger partial charge in [0.15, 0.2) is 0 Å². The van der Waals surface area contributed by atoms with Crippen molar-refractivity contribution >= 4 is 11.7 Å². The van der Waals surface area contributed by atoms with Crippen molar-refractivity contribution in [2.75, 3.05) is 31.1 Å². The Balaban J connectivity index is 1.79. The first-order chi connectivity index (χ1) is 13.1. The summed E-state index contributed by atoms with van der Waals surface area (Å²) < 4.78 is 53.5. The van der Waals surface area contributed by atoms with E-state index in [4.69, 9.17) is 0 Å². The van der Waals surface area contributed by atoms with Crippen LogP contribution in [0.2, 0.25) is 0 Å². The molecule has 2 aromatic rings. The zero-order chi connectivity index (χ0) is 20.6. The second kappa shape index (κ2) is 7.09. The lowest BCUT2D eigenvalue weighted by molar-refractivity contribution is -0.138. The Hall–Kier alpha value is -3.18. The zero-order valence-electron chi connectivity index (χ0n) is 14.6. The number of benzene rings is 1. The molecule has 1 aromatic heterocycles. The van der Waals surface area contributed by atoms with E-state index >= 15 is 0 Å². The molecular weight excluding hydrogens is 386 g/mol. The first-order valence-corrected chi connectivity index (χ1v) is 8.16. The number of halogens is 4. The molecule has 0 bridgehead atoms. The number of hydrogen-bond acceptors (Lipinski definition) is 5. The summed E-state index contributed by atoms with van der Waals surface area (Å²) >= 11 is 0. The van der Waals surface area contributed by atoms with Crippen molar-refractivity contribution in [1.29, 1.82) is 0 Å². The van der Waals surface area contributed by atoms with Crippen LogP contribution in [0.1, 0.15) is 15.9 Å². The molecule has 0 saturated carbocycles. The quantitative estimate of drug-likeness (QED) is 0.744. The number of aromatic nitrogens is 3. The number of amides is 1. The number of H-pyrrole nitrogens is 1. The van der Waals surface area contributed by atoms with Gasteiger partial charge in [-0.1, -0.05) is 0 Å². The number of anilines is 1. The summed E-state index contributed by atoms with van der Waals surface area (Å²) in [6, 6.07) is 1.90. The molecule has 3 rings (SSSR count). The molecule has 1 aromatic carbocycles. The molecule has 1 fully saturated rings. The first kappa shape index (κ1) is 19.6. The Morgan fingerprint density at radius 2 is 1.79 bits per heavy atom. The summed E-state index contributed by atoms with van der Waals surface area (Å²) in [6.45, 7) is 0.306. The smallest absolute Gasteiger partial charge is 0.347 e. The van der Waals surface area contributed by atoms with Gasteiger partial charge >= 0.3 is 11.9 Å². The SMILES string of the molecule is Cn1c(=O)[nH]nc(N2CCN(C(=O)c3ccc(F)cc3C(F)(F)F)CC2)c1=O. The maximum absolute atomic E-state index is 13.2. The van der Waals surface area contributed by atoms with Crippen LogP contribution in [0.3, 0.4) is 0 Å². The number of carbonyl (C=O) groups is 1. The lowest BCUT2D eigenvalue weighted by atomic mass is 10.0. The Bertz CT molecular complexity index is 1020.